The molecule has 1 aliphatic carbocycles. The maximum absolute atomic E-state index is 5.39. The van der Waals surface area contributed by atoms with Gasteiger partial charge in [0.2, 0.25) is 0 Å². The monoisotopic (exact) mass is 299 g/mol. The van der Waals surface area contributed by atoms with Crippen molar-refractivity contribution in [3.05, 3.63) is 22.6 Å². The van der Waals surface area contributed by atoms with E-state index in [-0.39, 0.29) is 0 Å². The van der Waals surface area contributed by atoms with E-state index in [2.05, 4.69) is 41.2 Å². The van der Waals surface area contributed by atoms with Gasteiger partial charge >= 0.3 is 0 Å². The van der Waals surface area contributed by atoms with Gasteiger partial charge in [0.15, 0.2) is 4.67 Å². The van der Waals surface area contributed by atoms with Gasteiger partial charge in [-0.1, -0.05) is 26.7 Å². The first-order valence-corrected chi connectivity index (χ1v) is 7.48. The molecule has 3 unspecified atom stereocenters. The Balaban J connectivity index is 2.14. The third-order valence-electron chi connectivity index (χ3n) is 3.85. The summed E-state index contributed by atoms with van der Waals surface area (Å²) in [6, 6.07) is 2.53. The van der Waals surface area contributed by atoms with Gasteiger partial charge in [0, 0.05) is 11.6 Å². The van der Waals surface area contributed by atoms with Crippen molar-refractivity contribution < 1.29 is 4.42 Å². The second-order valence-electron chi connectivity index (χ2n) is 5.22. The standard InChI is InChI=1S/C14H22BrNO/c1-3-16-13(12-7-8-17-14(12)15)11-6-4-5-10(2)9-11/h7-8,10-11,13,16H,3-6,9H2,1-2H3. The maximum Gasteiger partial charge on any atom is 0.173 e. The van der Waals surface area contributed by atoms with Crippen LogP contribution in [0, 0.1) is 11.8 Å². The summed E-state index contributed by atoms with van der Waals surface area (Å²) in [5, 5.41) is 3.63. The van der Waals surface area contributed by atoms with E-state index in [0.29, 0.717) is 6.04 Å². The molecule has 2 rings (SSSR count). The van der Waals surface area contributed by atoms with Crippen LogP contribution in [-0.2, 0) is 0 Å². The smallest absolute Gasteiger partial charge is 0.173 e. The Labute approximate surface area is 112 Å². The summed E-state index contributed by atoms with van der Waals surface area (Å²) >= 11 is 3.51. The molecular weight excluding hydrogens is 278 g/mol. The number of rotatable bonds is 4. The van der Waals surface area contributed by atoms with Crippen molar-refractivity contribution in [3.63, 3.8) is 0 Å². The van der Waals surface area contributed by atoms with Gasteiger partial charge in [-0.2, -0.15) is 0 Å². The summed E-state index contributed by atoms with van der Waals surface area (Å²) in [5.41, 5.74) is 1.28. The molecule has 0 aromatic carbocycles. The summed E-state index contributed by atoms with van der Waals surface area (Å²) in [6.45, 7) is 5.56. The molecule has 1 aliphatic rings. The van der Waals surface area contributed by atoms with Gasteiger partial charge in [0.1, 0.15) is 0 Å². The second kappa shape index (κ2) is 6.05. The SMILES string of the molecule is CCNC(c1ccoc1Br)C1CCCC(C)C1. The fourth-order valence-electron chi connectivity index (χ4n) is 3.06. The quantitative estimate of drug-likeness (QED) is 0.884. The summed E-state index contributed by atoms with van der Waals surface area (Å²) in [6.07, 6.45) is 7.19. The molecule has 0 radical (unpaired) electrons. The highest BCUT2D eigenvalue weighted by Gasteiger charge is 2.29. The predicted molar refractivity (Wildman–Crippen MR) is 73.9 cm³/mol. The minimum absolute atomic E-state index is 0.441. The van der Waals surface area contributed by atoms with Crippen molar-refractivity contribution in [1.29, 1.82) is 0 Å². The topological polar surface area (TPSA) is 25.2 Å². The molecule has 0 amide bonds. The molecule has 0 bridgehead atoms. The van der Waals surface area contributed by atoms with Crippen LogP contribution in [-0.4, -0.2) is 6.54 Å². The Kier molecular flexibility index (Phi) is 4.69. The van der Waals surface area contributed by atoms with Crippen LogP contribution in [0.1, 0.15) is 51.1 Å². The molecule has 0 aliphatic heterocycles. The minimum Gasteiger partial charge on any atom is -0.457 e. The molecule has 1 fully saturated rings. The molecule has 1 saturated carbocycles. The van der Waals surface area contributed by atoms with Crippen molar-refractivity contribution in [2.24, 2.45) is 11.8 Å². The highest BCUT2D eigenvalue weighted by atomic mass is 79.9. The van der Waals surface area contributed by atoms with E-state index >= 15 is 0 Å². The molecule has 1 aromatic rings. The molecule has 17 heavy (non-hydrogen) atoms. The molecular formula is C14H22BrNO. The van der Waals surface area contributed by atoms with E-state index in [9.17, 15) is 0 Å². The predicted octanol–water partition coefficient (Wildman–Crippen LogP) is 4.52. The minimum atomic E-state index is 0.441. The van der Waals surface area contributed by atoms with E-state index in [1.807, 2.05) is 0 Å². The summed E-state index contributed by atoms with van der Waals surface area (Å²) < 4.78 is 6.28. The first-order chi connectivity index (χ1) is 8.22. The zero-order valence-electron chi connectivity index (χ0n) is 10.7. The number of hydrogen-bond acceptors (Lipinski definition) is 2. The summed E-state index contributed by atoms with van der Waals surface area (Å²) in [5.74, 6) is 1.60. The van der Waals surface area contributed by atoms with Crippen LogP contribution in [0.15, 0.2) is 21.4 Å². The number of hydrogen-bond donors (Lipinski definition) is 1. The Hall–Kier alpha value is -0.280. The normalized spacial score (nSPS) is 27.0. The van der Waals surface area contributed by atoms with Crippen molar-refractivity contribution in [2.75, 3.05) is 6.54 Å². The van der Waals surface area contributed by atoms with Crippen molar-refractivity contribution in [1.82, 2.24) is 5.32 Å². The maximum atomic E-state index is 5.39. The average molecular weight is 300 g/mol. The van der Waals surface area contributed by atoms with Crippen LogP contribution in [0.5, 0.6) is 0 Å². The van der Waals surface area contributed by atoms with E-state index in [1.54, 1.807) is 6.26 Å². The molecule has 1 aromatic heterocycles. The van der Waals surface area contributed by atoms with E-state index < -0.39 is 0 Å². The lowest BCUT2D eigenvalue weighted by atomic mass is 9.77. The Morgan fingerprint density at radius 1 is 1.53 bits per heavy atom. The first kappa shape index (κ1) is 13.2. The first-order valence-electron chi connectivity index (χ1n) is 6.68. The number of halogens is 1. The second-order valence-corrected chi connectivity index (χ2v) is 5.94. The molecule has 1 heterocycles. The van der Waals surface area contributed by atoms with Gasteiger partial charge in [0.25, 0.3) is 0 Å². The third kappa shape index (κ3) is 3.14. The fraction of sp³-hybridized carbons (Fsp3) is 0.714. The molecule has 96 valence electrons. The van der Waals surface area contributed by atoms with Gasteiger partial charge in [-0.25, -0.2) is 0 Å². The van der Waals surface area contributed by atoms with E-state index in [0.717, 1.165) is 23.1 Å². The zero-order chi connectivity index (χ0) is 12.3. The van der Waals surface area contributed by atoms with Crippen LogP contribution < -0.4 is 5.32 Å². The number of nitrogens with one attached hydrogen (secondary N) is 1. The lowest BCUT2D eigenvalue weighted by Gasteiger charge is -2.33. The van der Waals surface area contributed by atoms with Crippen LogP contribution in [0.2, 0.25) is 0 Å². The molecule has 1 N–H and O–H groups in total. The van der Waals surface area contributed by atoms with Crippen LogP contribution >= 0.6 is 15.9 Å². The lowest BCUT2D eigenvalue weighted by Crippen LogP contribution is -2.31. The lowest BCUT2D eigenvalue weighted by molar-refractivity contribution is 0.224. The fourth-order valence-corrected chi connectivity index (χ4v) is 3.55. The Bertz CT molecular complexity index is 350. The summed E-state index contributed by atoms with van der Waals surface area (Å²) in [7, 11) is 0. The zero-order valence-corrected chi connectivity index (χ0v) is 12.3. The number of furan rings is 1. The van der Waals surface area contributed by atoms with Crippen LogP contribution in [0.25, 0.3) is 0 Å². The van der Waals surface area contributed by atoms with Crippen LogP contribution in [0.4, 0.5) is 0 Å². The average Bonchev–Trinajstić information content (AvgIpc) is 2.72. The molecule has 0 spiro atoms. The highest BCUT2D eigenvalue weighted by molar-refractivity contribution is 9.10. The molecule has 3 heteroatoms. The Morgan fingerprint density at radius 3 is 2.94 bits per heavy atom. The van der Waals surface area contributed by atoms with Gasteiger partial charge in [-0.3, -0.25) is 0 Å². The van der Waals surface area contributed by atoms with Gasteiger partial charge < -0.3 is 9.73 Å². The van der Waals surface area contributed by atoms with Gasteiger partial charge in [-0.05, 0) is 53.2 Å². The van der Waals surface area contributed by atoms with Gasteiger partial charge in [0.05, 0.1) is 6.26 Å². The summed E-state index contributed by atoms with van der Waals surface area (Å²) in [4.78, 5) is 0. The largest absolute Gasteiger partial charge is 0.457 e. The van der Waals surface area contributed by atoms with Crippen LogP contribution in [0.3, 0.4) is 0 Å². The van der Waals surface area contributed by atoms with Crippen molar-refractivity contribution in [2.45, 2.75) is 45.6 Å². The van der Waals surface area contributed by atoms with Gasteiger partial charge in [-0.15, -0.1) is 0 Å². The Morgan fingerprint density at radius 2 is 2.35 bits per heavy atom. The molecule has 2 nitrogen and oxygen atoms in total. The van der Waals surface area contributed by atoms with E-state index in [1.165, 1.54) is 31.2 Å². The molecule has 0 saturated heterocycles. The highest BCUT2D eigenvalue weighted by Crippen LogP contribution is 2.39. The van der Waals surface area contributed by atoms with Crippen molar-refractivity contribution >= 4 is 15.9 Å². The van der Waals surface area contributed by atoms with Crippen molar-refractivity contribution in [3.8, 4) is 0 Å². The third-order valence-corrected chi connectivity index (χ3v) is 4.50. The molecule has 3 atom stereocenters. The van der Waals surface area contributed by atoms with E-state index in [4.69, 9.17) is 4.42 Å².